The van der Waals surface area contributed by atoms with E-state index in [4.69, 9.17) is 0 Å². The lowest BCUT2D eigenvalue weighted by Crippen LogP contribution is -2.38. The highest BCUT2D eigenvalue weighted by molar-refractivity contribution is 5.03. The molecule has 0 aromatic carbocycles. The molecular formula is C13H24N4. The van der Waals surface area contributed by atoms with E-state index in [1.807, 2.05) is 13.2 Å². The summed E-state index contributed by atoms with van der Waals surface area (Å²) >= 11 is 0. The summed E-state index contributed by atoms with van der Waals surface area (Å²) in [7, 11) is 1.93. The minimum absolute atomic E-state index is 0.334. The Morgan fingerprint density at radius 3 is 2.71 bits per heavy atom. The van der Waals surface area contributed by atoms with Crippen LogP contribution in [-0.2, 0) is 13.5 Å². The van der Waals surface area contributed by atoms with Crippen LogP contribution >= 0.6 is 0 Å². The third kappa shape index (κ3) is 3.28. The summed E-state index contributed by atoms with van der Waals surface area (Å²) in [4.78, 5) is 0. The maximum atomic E-state index is 4.22. The first-order valence-corrected chi connectivity index (χ1v) is 6.58. The highest BCUT2D eigenvalue weighted by Gasteiger charge is 2.41. The molecule has 4 nitrogen and oxygen atoms in total. The first-order chi connectivity index (χ1) is 7.99. The van der Waals surface area contributed by atoms with Gasteiger partial charge in [-0.15, -0.1) is 5.10 Å². The fraction of sp³-hybridized carbons (Fsp3) is 0.846. The highest BCUT2D eigenvalue weighted by atomic mass is 15.4. The average molecular weight is 236 g/mol. The Labute approximate surface area is 104 Å². The van der Waals surface area contributed by atoms with Crippen molar-refractivity contribution in [3.8, 4) is 0 Å². The number of nitrogens with one attached hydrogen (secondary N) is 1. The molecule has 1 fully saturated rings. The topological polar surface area (TPSA) is 42.7 Å². The monoisotopic (exact) mass is 236 g/mol. The van der Waals surface area contributed by atoms with Crippen molar-refractivity contribution in [3.05, 3.63) is 11.9 Å². The predicted molar refractivity (Wildman–Crippen MR) is 68.7 cm³/mol. The van der Waals surface area contributed by atoms with Crippen LogP contribution in [0.15, 0.2) is 6.20 Å². The molecule has 2 rings (SSSR count). The van der Waals surface area contributed by atoms with Crippen molar-refractivity contribution in [1.82, 2.24) is 20.3 Å². The summed E-state index contributed by atoms with van der Waals surface area (Å²) in [5, 5.41) is 11.8. The average Bonchev–Trinajstić information content (AvgIpc) is 3.02. The van der Waals surface area contributed by atoms with Crippen LogP contribution in [0.5, 0.6) is 0 Å². The molecule has 96 valence electrons. The molecule has 1 aromatic rings. The fourth-order valence-corrected chi connectivity index (χ4v) is 2.46. The zero-order valence-electron chi connectivity index (χ0n) is 11.4. The van der Waals surface area contributed by atoms with E-state index < -0.39 is 0 Å². The molecule has 0 saturated heterocycles. The van der Waals surface area contributed by atoms with E-state index in [0.29, 0.717) is 11.5 Å². The smallest absolute Gasteiger partial charge is 0.0833 e. The van der Waals surface area contributed by atoms with Crippen molar-refractivity contribution in [2.75, 3.05) is 6.54 Å². The van der Waals surface area contributed by atoms with E-state index in [1.54, 1.807) is 4.68 Å². The summed E-state index contributed by atoms with van der Waals surface area (Å²) in [6.45, 7) is 7.87. The zero-order chi connectivity index (χ0) is 12.5. The highest BCUT2D eigenvalue weighted by Crippen LogP contribution is 2.46. The van der Waals surface area contributed by atoms with Gasteiger partial charge in [0.1, 0.15) is 0 Å². The number of rotatable bonds is 6. The molecular weight excluding hydrogens is 212 g/mol. The fourth-order valence-electron chi connectivity index (χ4n) is 2.46. The van der Waals surface area contributed by atoms with E-state index in [9.17, 15) is 0 Å². The standard InChI is InChI=1S/C13H24N4/c1-10(2)14-9-13(3,11-5-6-11)7-12-8-17(4)16-15-12/h8,10-11,14H,5-7,9H2,1-4H3. The zero-order valence-corrected chi connectivity index (χ0v) is 11.4. The molecule has 4 heteroatoms. The van der Waals surface area contributed by atoms with Gasteiger partial charge in [-0.25, -0.2) is 0 Å². The molecule has 17 heavy (non-hydrogen) atoms. The number of nitrogens with zero attached hydrogens (tertiary/aromatic N) is 3. The van der Waals surface area contributed by atoms with E-state index in [-0.39, 0.29) is 0 Å². The Kier molecular flexibility index (Phi) is 3.52. The number of hydrogen-bond donors (Lipinski definition) is 1. The van der Waals surface area contributed by atoms with E-state index >= 15 is 0 Å². The van der Waals surface area contributed by atoms with Crippen LogP contribution in [0.2, 0.25) is 0 Å². The normalized spacial score (nSPS) is 19.6. The van der Waals surface area contributed by atoms with Crippen LogP contribution in [0.3, 0.4) is 0 Å². The van der Waals surface area contributed by atoms with Gasteiger partial charge in [0.15, 0.2) is 0 Å². The van der Waals surface area contributed by atoms with Gasteiger partial charge in [0.25, 0.3) is 0 Å². The Morgan fingerprint density at radius 2 is 2.24 bits per heavy atom. The Balaban J connectivity index is 2.00. The summed E-state index contributed by atoms with van der Waals surface area (Å²) in [6.07, 6.45) is 5.81. The second kappa shape index (κ2) is 4.77. The van der Waals surface area contributed by atoms with Crippen molar-refractivity contribution in [1.29, 1.82) is 0 Å². The Bertz CT molecular complexity index is 367. The van der Waals surface area contributed by atoms with Gasteiger partial charge in [-0.1, -0.05) is 26.0 Å². The van der Waals surface area contributed by atoms with Crippen LogP contribution in [-0.4, -0.2) is 27.6 Å². The van der Waals surface area contributed by atoms with Gasteiger partial charge in [0.05, 0.1) is 5.69 Å². The molecule has 1 saturated carbocycles. The van der Waals surface area contributed by atoms with Crippen molar-refractivity contribution in [2.24, 2.45) is 18.4 Å². The van der Waals surface area contributed by atoms with Gasteiger partial charge >= 0.3 is 0 Å². The van der Waals surface area contributed by atoms with Crippen molar-refractivity contribution in [2.45, 2.75) is 46.1 Å². The van der Waals surface area contributed by atoms with Crippen LogP contribution in [0.25, 0.3) is 0 Å². The summed E-state index contributed by atoms with van der Waals surface area (Å²) in [6, 6.07) is 0.551. The second-order valence-corrected chi connectivity index (χ2v) is 6.02. The third-order valence-electron chi connectivity index (χ3n) is 3.71. The maximum absolute atomic E-state index is 4.22. The molecule has 1 aliphatic carbocycles. The lowest BCUT2D eigenvalue weighted by molar-refractivity contribution is 0.246. The van der Waals surface area contributed by atoms with Crippen molar-refractivity contribution in [3.63, 3.8) is 0 Å². The van der Waals surface area contributed by atoms with E-state index in [0.717, 1.165) is 24.6 Å². The van der Waals surface area contributed by atoms with E-state index in [2.05, 4.69) is 36.4 Å². The largest absolute Gasteiger partial charge is 0.314 e. The van der Waals surface area contributed by atoms with Crippen LogP contribution in [0.1, 0.15) is 39.3 Å². The molecule has 1 aliphatic rings. The van der Waals surface area contributed by atoms with Gasteiger partial charge in [0, 0.05) is 25.8 Å². The lowest BCUT2D eigenvalue weighted by atomic mass is 9.80. The molecule has 1 N–H and O–H groups in total. The predicted octanol–water partition coefficient (Wildman–Crippen LogP) is 1.77. The molecule has 1 heterocycles. The molecule has 1 unspecified atom stereocenters. The summed E-state index contributed by atoms with van der Waals surface area (Å²) < 4.78 is 1.79. The minimum Gasteiger partial charge on any atom is -0.314 e. The Morgan fingerprint density at radius 1 is 1.53 bits per heavy atom. The van der Waals surface area contributed by atoms with Crippen LogP contribution in [0.4, 0.5) is 0 Å². The second-order valence-electron chi connectivity index (χ2n) is 6.02. The Hall–Kier alpha value is -0.900. The SMILES string of the molecule is CC(C)NCC(C)(Cc1cn(C)nn1)C1CC1. The van der Waals surface area contributed by atoms with Crippen molar-refractivity contribution >= 4 is 0 Å². The van der Waals surface area contributed by atoms with Crippen molar-refractivity contribution < 1.29 is 0 Å². The van der Waals surface area contributed by atoms with Gasteiger partial charge in [-0.3, -0.25) is 4.68 Å². The first kappa shape index (κ1) is 12.6. The number of aryl methyl sites for hydroxylation is 1. The summed E-state index contributed by atoms with van der Waals surface area (Å²) in [5.74, 6) is 0.857. The molecule has 0 radical (unpaired) electrons. The summed E-state index contributed by atoms with van der Waals surface area (Å²) in [5.41, 5.74) is 1.45. The van der Waals surface area contributed by atoms with Gasteiger partial charge in [0.2, 0.25) is 0 Å². The molecule has 0 aliphatic heterocycles. The molecule has 0 spiro atoms. The molecule has 0 amide bonds. The number of aromatic nitrogens is 3. The first-order valence-electron chi connectivity index (χ1n) is 6.58. The number of hydrogen-bond acceptors (Lipinski definition) is 3. The maximum Gasteiger partial charge on any atom is 0.0833 e. The lowest BCUT2D eigenvalue weighted by Gasteiger charge is -2.30. The molecule has 1 aromatic heterocycles. The van der Waals surface area contributed by atoms with Gasteiger partial charge in [-0.2, -0.15) is 0 Å². The molecule has 1 atom stereocenters. The van der Waals surface area contributed by atoms with E-state index in [1.165, 1.54) is 12.8 Å². The van der Waals surface area contributed by atoms with Gasteiger partial charge in [-0.05, 0) is 30.6 Å². The van der Waals surface area contributed by atoms with Gasteiger partial charge < -0.3 is 5.32 Å². The van der Waals surface area contributed by atoms with Crippen LogP contribution < -0.4 is 5.32 Å². The third-order valence-corrected chi connectivity index (χ3v) is 3.71. The minimum atomic E-state index is 0.334. The quantitative estimate of drug-likeness (QED) is 0.818. The molecule has 0 bridgehead atoms. The van der Waals surface area contributed by atoms with Crippen LogP contribution in [0, 0.1) is 11.3 Å².